The minimum absolute atomic E-state index is 0.0407. The van der Waals surface area contributed by atoms with Gasteiger partial charge in [0.05, 0.1) is 5.92 Å². The summed E-state index contributed by atoms with van der Waals surface area (Å²) < 4.78 is 0. The van der Waals surface area contributed by atoms with E-state index in [0.29, 0.717) is 25.9 Å². The fraction of sp³-hybridized carbons (Fsp3) is 0.846. The van der Waals surface area contributed by atoms with Crippen LogP contribution in [0.15, 0.2) is 0 Å². The Bertz CT molecular complexity index is 322. The third kappa shape index (κ3) is 2.83. The molecule has 2 aliphatic heterocycles. The van der Waals surface area contributed by atoms with Gasteiger partial charge in [0.25, 0.3) is 0 Å². The standard InChI is InChI=1S/C13H22N2O3/c1-9-2-3-10(8-16)7-15(9)13(18)11-4-5-12(17)14-6-11/h9-11,16H,2-8H2,1H3,(H,14,17). The van der Waals surface area contributed by atoms with E-state index in [-0.39, 0.29) is 36.3 Å². The van der Waals surface area contributed by atoms with Crippen LogP contribution in [0.25, 0.3) is 0 Å². The van der Waals surface area contributed by atoms with Gasteiger partial charge >= 0.3 is 0 Å². The number of nitrogens with one attached hydrogen (secondary N) is 1. The van der Waals surface area contributed by atoms with Gasteiger partial charge in [-0.3, -0.25) is 9.59 Å². The number of nitrogens with zero attached hydrogens (tertiary/aromatic N) is 1. The quantitative estimate of drug-likeness (QED) is 0.736. The number of amides is 2. The van der Waals surface area contributed by atoms with E-state index in [2.05, 4.69) is 12.2 Å². The van der Waals surface area contributed by atoms with Crippen molar-refractivity contribution in [2.75, 3.05) is 19.7 Å². The summed E-state index contributed by atoms with van der Waals surface area (Å²) in [5.41, 5.74) is 0. The molecule has 2 rings (SSSR count). The molecule has 0 spiro atoms. The van der Waals surface area contributed by atoms with Crippen LogP contribution in [-0.4, -0.2) is 47.6 Å². The summed E-state index contributed by atoms with van der Waals surface area (Å²) in [5, 5.41) is 12.0. The number of hydrogen-bond acceptors (Lipinski definition) is 3. The topological polar surface area (TPSA) is 69.6 Å². The van der Waals surface area contributed by atoms with Crippen molar-refractivity contribution in [1.82, 2.24) is 10.2 Å². The van der Waals surface area contributed by atoms with Crippen molar-refractivity contribution in [2.24, 2.45) is 11.8 Å². The minimum atomic E-state index is -0.0809. The van der Waals surface area contributed by atoms with E-state index < -0.39 is 0 Å². The van der Waals surface area contributed by atoms with Crippen molar-refractivity contribution >= 4 is 11.8 Å². The molecule has 18 heavy (non-hydrogen) atoms. The Morgan fingerprint density at radius 2 is 2.22 bits per heavy atom. The molecule has 2 amide bonds. The fourth-order valence-electron chi connectivity index (χ4n) is 2.82. The molecule has 0 bridgehead atoms. The van der Waals surface area contributed by atoms with E-state index in [1.165, 1.54) is 0 Å². The van der Waals surface area contributed by atoms with Gasteiger partial charge in [-0.2, -0.15) is 0 Å². The molecule has 5 heteroatoms. The molecule has 3 atom stereocenters. The van der Waals surface area contributed by atoms with E-state index in [9.17, 15) is 14.7 Å². The predicted octanol–water partition coefficient (Wildman–Crippen LogP) is 0.132. The van der Waals surface area contributed by atoms with Crippen molar-refractivity contribution in [1.29, 1.82) is 0 Å². The summed E-state index contributed by atoms with van der Waals surface area (Å²) in [6.07, 6.45) is 3.04. The molecule has 0 radical (unpaired) electrons. The Hall–Kier alpha value is -1.10. The summed E-state index contributed by atoms with van der Waals surface area (Å²) in [7, 11) is 0. The average molecular weight is 254 g/mol. The molecule has 2 saturated heterocycles. The first kappa shape index (κ1) is 13.3. The highest BCUT2D eigenvalue weighted by Gasteiger charge is 2.34. The zero-order chi connectivity index (χ0) is 13.1. The number of carbonyl (C=O) groups is 2. The monoisotopic (exact) mass is 254 g/mol. The van der Waals surface area contributed by atoms with Gasteiger partial charge in [0.15, 0.2) is 0 Å². The summed E-state index contributed by atoms with van der Waals surface area (Å²) in [6.45, 7) is 3.33. The van der Waals surface area contributed by atoms with Gasteiger partial charge < -0.3 is 15.3 Å². The summed E-state index contributed by atoms with van der Waals surface area (Å²) in [6, 6.07) is 0.248. The van der Waals surface area contributed by atoms with Gasteiger partial charge in [0.2, 0.25) is 11.8 Å². The second kappa shape index (κ2) is 5.69. The molecule has 0 aromatic carbocycles. The predicted molar refractivity (Wildman–Crippen MR) is 66.7 cm³/mol. The lowest BCUT2D eigenvalue weighted by Gasteiger charge is -2.40. The van der Waals surface area contributed by atoms with Crippen molar-refractivity contribution in [3.63, 3.8) is 0 Å². The van der Waals surface area contributed by atoms with Crippen molar-refractivity contribution in [3.05, 3.63) is 0 Å². The molecule has 102 valence electrons. The van der Waals surface area contributed by atoms with Gasteiger partial charge in [-0.1, -0.05) is 0 Å². The third-order valence-electron chi connectivity index (χ3n) is 4.14. The number of hydrogen-bond donors (Lipinski definition) is 2. The molecular formula is C13H22N2O3. The molecule has 0 aromatic heterocycles. The smallest absolute Gasteiger partial charge is 0.227 e. The second-order valence-electron chi connectivity index (χ2n) is 5.51. The molecule has 3 unspecified atom stereocenters. The molecule has 5 nitrogen and oxygen atoms in total. The maximum Gasteiger partial charge on any atom is 0.227 e. The average Bonchev–Trinajstić information content (AvgIpc) is 2.39. The normalized spacial score (nSPS) is 33.1. The molecule has 2 N–H and O–H groups in total. The summed E-state index contributed by atoms with van der Waals surface area (Å²) >= 11 is 0. The molecule has 0 aromatic rings. The summed E-state index contributed by atoms with van der Waals surface area (Å²) in [4.78, 5) is 25.4. The maximum atomic E-state index is 12.4. The number of aliphatic hydroxyl groups is 1. The molecule has 2 aliphatic rings. The van der Waals surface area contributed by atoms with E-state index >= 15 is 0 Å². The lowest BCUT2D eigenvalue weighted by molar-refractivity contribution is -0.142. The van der Waals surface area contributed by atoms with E-state index in [4.69, 9.17) is 0 Å². The van der Waals surface area contributed by atoms with Crippen molar-refractivity contribution in [2.45, 2.75) is 38.6 Å². The molecule has 2 fully saturated rings. The first-order valence-electron chi connectivity index (χ1n) is 6.80. The van der Waals surface area contributed by atoms with E-state index in [0.717, 1.165) is 12.8 Å². The van der Waals surface area contributed by atoms with Crippen LogP contribution in [0.3, 0.4) is 0 Å². The lowest BCUT2D eigenvalue weighted by atomic mass is 9.91. The van der Waals surface area contributed by atoms with E-state index in [1.807, 2.05) is 4.90 Å². The summed E-state index contributed by atoms with van der Waals surface area (Å²) in [5.74, 6) is 0.311. The number of aliphatic hydroxyl groups excluding tert-OH is 1. The highest BCUT2D eigenvalue weighted by molar-refractivity contribution is 5.84. The minimum Gasteiger partial charge on any atom is -0.396 e. The largest absolute Gasteiger partial charge is 0.396 e. The lowest BCUT2D eigenvalue weighted by Crippen LogP contribution is -2.51. The Kier molecular flexibility index (Phi) is 4.22. The Balaban J connectivity index is 1.96. The Labute approximate surface area is 108 Å². The fourth-order valence-corrected chi connectivity index (χ4v) is 2.82. The zero-order valence-electron chi connectivity index (χ0n) is 10.9. The number of piperidine rings is 2. The van der Waals surface area contributed by atoms with Gasteiger partial charge in [-0.25, -0.2) is 0 Å². The van der Waals surface area contributed by atoms with Crippen LogP contribution >= 0.6 is 0 Å². The van der Waals surface area contributed by atoms with Crippen molar-refractivity contribution in [3.8, 4) is 0 Å². The van der Waals surface area contributed by atoms with Crippen molar-refractivity contribution < 1.29 is 14.7 Å². The first-order chi connectivity index (χ1) is 8.61. The van der Waals surface area contributed by atoms with Crippen LogP contribution in [-0.2, 0) is 9.59 Å². The number of rotatable bonds is 2. The number of likely N-dealkylation sites (tertiary alicyclic amines) is 1. The third-order valence-corrected chi connectivity index (χ3v) is 4.14. The van der Waals surface area contributed by atoms with E-state index in [1.54, 1.807) is 0 Å². The van der Waals surface area contributed by atoms with Crippen LogP contribution in [0.1, 0.15) is 32.6 Å². The molecule has 2 heterocycles. The SMILES string of the molecule is CC1CCC(CO)CN1C(=O)C1CCC(=O)NC1. The zero-order valence-corrected chi connectivity index (χ0v) is 10.9. The highest BCUT2D eigenvalue weighted by Crippen LogP contribution is 2.25. The van der Waals surface area contributed by atoms with Crippen LogP contribution in [0.2, 0.25) is 0 Å². The van der Waals surface area contributed by atoms with Gasteiger partial charge in [-0.15, -0.1) is 0 Å². The first-order valence-corrected chi connectivity index (χ1v) is 6.80. The van der Waals surface area contributed by atoms with Gasteiger partial charge in [0, 0.05) is 32.2 Å². The van der Waals surface area contributed by atoms with Gasteiger partial charge in [0.1, 0.15) is 0 Å². The molecule has 0 saturated carbocycles. The van der Waals surface area contributed by atoms with Gasteiger partial charge in [-0.05, 0) is 32.1 Å². The van der Waals surface area contributed by atoms with Crippen LogP contribution < -0.4 is 5.32 Å². The Morgan fingerprint density at radius 1 is 1.44 bits per heavy atom. The molecular weight excluding hydrogens is 232 g/mol. The van der Waals surface area contributed by atoms with Crippen LogP contribution in [0.5, 0.6) is 0 Å². The Morgan fingerprint density at radius 3 is 2.83 bits per heavy atom. The van der Waals surface area contributed by atoms with Crippen LogP contribution in [0.4, 0.5) is 0 Å². The second-order valence-corrected chi connectivity index (χ2v) is 5.51. The number of carbonyl (C=O) groups excluding carboxylic acids is 2. The maximum absolute atomic E-state index is 12.4. The molecule has 0 aliphatic carbocycles. The van der Waals surface area contributed by atoms with Crippen LogP contribution in [0, 0.1) is 11.8 Å². The highest BCUT2D eigenvalue weighted by atomic mass is 16.3.